The van der Waals surface area contributed by atoms with Crippen LogP contribution in [0.3, 0.4) is 0 Å². The smallest absolute Gasteiger partial charge is 0.275 e. The van der Waals surface area contributed by atoms with E-state index in [1.165, 1.54) is 35.1 Å². The maximum Gasteiger partial charge on any atom is 0.275 e. The van der Waals surface area contributed by atoms with Gasteiger partial charge in [0.05, 0.1) is 12.8 Å². The third-order valence-corrected chi connectivity index (χ3v) is 4.80. The fourth-order valence-corrected chi connectivity index (χ4v) is 3.43. The van der Waals surface area contributed by atoms with E-state index in [9.17, 15) is 9.18 Å². The first kappa shape index (κ1) is 17.5. The fraction of sp³-hybridized carbons (Fsp3) is 0.353. The molecule has 0 fully saturated rings. The van der Waals surface area contributed by atoms with Crippen molar-refractivity contribution in [2.45, 2.75) is 26.4 Å². The third kappa shape index (κ3) is 3.85. The second-order valence-corrected chi connectivity index (χ2v) is 6.81. The Labute approximate surface area is 148 Å². The van der Waals surface area contributed by atoms with Crippen molar-refractivity contribution < 1.29 is 9.13 Å². The van der Waals surface area contributed by atoms with Gasteiger partial charge in [0.15, 0.2) is 11.6 Å². The van der Waals surface area contributed by atoms with Crippen LogP contribution < -0.4 is 10.3 Å². The molecule has 3 rings (SSSR count). The molecular weight excluding hydrogens is 343 g/mol. The summed E-state index contributed by atoms with van der Waals surface area (Å²) in [5.74, 6) is -0.161. The van der Waals surface area contributed by atoms with Crippen LogP contribution in [0.2, 0.25) is 0 Å². The molecule has 0 aliphatic carbocycles. The lowest BCUT2D eigenvalue weighted by molar-refractivity contribution is 0.313. The van der Waals surface area contributed by atoms with E-state index in [0.29, 0.717) is 23.7 Å². The molecule has 25 heavy (non-hydrogen) atoms. The summed E-state index contributed by atoms with van der Waals surface area (Å²) in [6.07, 6.45) is 0.770. The Kier molecular flexibility index (Phi) is 5.10. The Morgan fingerprint density at radius 2 is 2.12 bits per heavy atom. The molecule has 0 radical (unpaired) electrons. The van der Waals surface area contributed by atoms with Gasteiger partial charge in [-0.05, 0) is 31.2 Å². The molecule has 6 nitrogen and oxygen atoms in total. The number of aryl methyl sites for hydroxylation is 1. The lowest BCUT2D eigenvalue weighted by Crippen LogP contribution is -2.21. The van der Waals surface area contributed by atoms with Crippen LogP contribution in [-0.2, 0) is 19.5 Å². The molecule has 0 N–H and O–H groups in total. The fourth-order valence-electron chi connectivity index (χ4n) is 2.57. The molecule has 132 valence electrons. The highest BCUT2D eigenvalue weighted by Gasteiger charge is 2.11. The number of fused-ring (bicyclic) bond motifs is 1. The number of methoxy groups -OCH3 is 1. The van der Waals surface area contributed by atoms with Crippen LogP contribution in [0.1, 0.15) is 23.2 Å². The van der Waals surface area contributed by atoms with Gasteiger partial charge in [-0.25, -0.2) is 9.37 Å². The van der Waals surface area contributed by atoms with Crippen molar-refractivity contribution in [2.24, 2.45) is 0 Å². The minimum Gasteiger partial charge on any atom is -0.494 e. The topological polar surface area (TPSA) is 59.7 Å². The molecule has 0 amide bonds. The molecule has 0 unspecified atom stereocenters. The largest absolute Gasteiger partial charge is 0.494 e. The summed E-state index contributed by atoms with van der Waals surface area (Å²) in [5.41, 5.74) is 1.32. The zero-order valence-electron chi connectivity index (χ0n) is 14.3. The third-order valence-electron chi connectivity index (χ3n) is 3.74. The van der Waals surface area contributed by atoms with Crippen molar-refractivity contribution >= 4 is 16.3 Å². The average molecular weight is 362 g/mol. The number of benzene rings is 1. The Morgan fingerprint density at radius 3 is 2.80 bits per heavy atom. The van der Waals surface area contributed by atoms with Crippen molar-refractivity contribution in [3.63, 3.8) is 0 Å². The predicted molar refractivity (Wildman–Crippen MR) is 94.6 cm³/mol. The van der Waals surface area contributed by atoms with Gasteiger partial charge < -0.3 is 4.74 Å². The van der Waals surface area contributed by atoms with Crippen LogP contribution in [0.15, 0.2) is 29.1 Å². The molecule has 0 aliphatic rings. The van der Waals surface area contributed by atoms with Gasteiger partial charge in [-0.2, -0.15) is 9.61 Å². The van der Waals surface area contributed by atoms with Gasteiger partial charge in [-0.15, -0.1) is 0 Å². The minimum atomic E-state index is -0.386. The van der Waals surface area contributed by atoms with Crippen LogP contribution in [0.5, 0.6) is 5.75 Å². The monoisotopic (exact) mass is 362 g/mol. The van der Waals surface area contributed by atoms with E-state index in [0.717, 1.165) is 17.0 Å². The highest BCUT2D eigenvalue weighted by atomic mass is 32.1. The summed E-state index contributed by atoms with van der Waals surface area (Å²) in [6.45, 7) is 3.01. The molecule has 3 aromatic rings. The van der Waals surface area contributed by atoms with E-state index in [-0.39, 0.29) is 17.1 Å². The van der Waals surface area contributed by atoms with E-state index in [2.05, 4.69) is 10.1 Å². The first-order valence-electron chi connectivity index (χ1n) is 7.89. The first-order valence-corrected chi connectivity index (χ1v) is 8.71. The zero-order valence-corrected chi connectivity index (χ0v) is 15.1. The van der Waals surface area contributed by atoms with Crippen molar-refractivity contribution in [1.82, 2.24) is 19.5 Å². The van der Waals surface area contributed by atoms with Crippen molar-refractivity contribution in [3.05, 3.63) is 56.7 Å². The quantitative estimate of drug-likeness (QED) is 0.674. The standard InChI is InChI=1S/C17H19FN4O2S/c1-4-15-20-22-16(23)8-12(19-17(22)25-15)10-21(2)9-11-5-6-14(24-3)13(18)7-11/h5-8H,4,9-10H2,1-3H3. The summed E-state index contributed by atoms with van der Waals surface area (Å²) in [7, 11) is 3.34. The second-order valence-electron chi connectivity index (χ2n) is 5.77. The van der Waals surface area contributed by atoms with Crippen LogP contribution in [-0.4, -0.2) is 33.7 Å². The zero-order chi connectivity index (χ0) is 18.0. The maximum atomic E-state index is 13.8. The van der Waals surface area contributed by atoms with Gasteiger partial charge in [-0.1, -0.05) is 24.3 Å². The second kappa shape index (κ2) is 7.28. The van der Waals surface area contributed by atoms with E-state index in [4.69, 9.17) is 4.74 Å². The summed E-state index contributed by atoms with van der Waals surface area (Å²) >= 11 is 1.42. The summed E-state index contributed by atoms with van der Waals surface area (Å²) in [5, 5.41) is 5.12. The predicted octanol–water partition coefficient (Wildman–Crippen LogP) is 2.49. The van der Waals surface area contributed by atoms with Gasteiger partial charge >= 0.3 is 0 Å². The summed E-state index contributed by atoms with van der Waals surface area (Å²) < 4.78 is 20.1. The van der Waals surface area contributed by atoms with Crippen molar-refractivity contribution in [1.29, 1.82) is 0 Å². The maximum absolute atomic E-state index is 13.8. The number of aromatic nitrogens is 3. The number of hydrogen-bond donors (Lipinski definition) is 0. The van der Waals surface area contributed by atoms with E-state index >= 15 is 0 Å². The molecule has 0 bridgehead atoms. The highest BCUT2D eigenvalue weighted by Crippen LogP contribution is 2.19. The van der Waals surface area contributed by atoms with Crippen LogP contribution >= 0.6 is 11.3 Å². The van der Waals surface area contributed by atoms with E-state index < -0.39 is 0 Å². The minimum absolute atomic E-state index is 0.181. The Morgan fingerprint density at radius 1 is 1.32 bits per heavy atom. The van der Waals surface area contributed by atoms with Gasteiger partial charge in [0.1, 0.15) is 5.01 Å². The van der Waals surface area contributed by atoms with E-state index in [1.807, 2.05) is 24.9 Å². The van der Waals surface area contributed by atoms with Crippen molar-refractivity contribution in [3.8, 4) is 5.75 Å². The summed E-state index contributed by atoms with van der Waals surface area (Å²) in [4.78, 5) is 19.3. The highest BCUT2D eigenvalue weighted by molar-refractivity contribution is 7.16. The van der Waals surface area contributed by atoms with Crippen LogP contribution in [0, 0.1) is 5.82 Å². The Hall–Kier alpha value is -2.32. The molecule has 0 saturated carbocycles. The van der Waals surface area contributed by atoms with Gasteiger partial charge in [0, 0.05) is 19.2 Å². The molecule has 0 atom stereocenters. The molecule has 2 aromatic heterocycles. The molecular formula is C17H19FN4O2S. The Balaban J connectivity index is 1.76. The molecule has 2 heterocycles. The van der Waals surface area contributed by atoms with Crippen LogP contribution in [0.25, 0.3) is 4.96 Å². The molecule has 8 heteroatoms. The lowest BCUT2D eigenvalue weighted by Gasteiger charge is -2.16. The number of rotatable bonds is 6. The lowest BCUT2D eigenvalue weighted by atomic mass is 10.2. The van der Waals surface area contributed by atoms with Gasteiger partial charge in [0.25, 0.3) is 5.56 Å². The molecule has 0 aliphatic heterocycles. The number of hydrogen-bond acceptors (Lipinski definition) is 6. The number of ether oxygens (including phenoxy) is 1. The van der Waals surface area contributed by atoms with E-state index in [1.54, 1.807) is 6.07 Å². The van der Waals surface area contributed by atoms with Crippen molar-refractivity contribution in [2.75, 3.05) is 14.2 Å². The molecule has 0 saturated heterocycles. The Bertz CT molecular complexity index is 953. The van der Waals surface area contributed by atoms with Gasteiger partial charge in [0.2, 0.25) is 4.96 Å². The van der Waals surface area contributed by atoms with Crippen LogP contribution in [0.4, 0.5) is 4.39 Å². The molecule has 0 spiro atoms. The normalized spacial score (nSPS) is 11.4. The summed E-state index contributed by atoms with van der Waals surface area (Å²) in [6, 6.07) is 6.38. The van der Waals surface area contributed by atoms with Gasteiger partial charge in [-0.3, -0.25) is 9.69 Å². The first-order chi connectivity index (χ1) is 12.0. The molecule has 1 aromatic carbocycles. The number of halogens is 1. The number of nitrogens with zero attached hydrogens (tertiary/aromatic N) is 4. The average Bonchev–Trinajstić information content (AvgIpc) is 2.98. The SMILES string of the molecule is CCc1nn2c(=O)cc(CN(C)Cc3ccc(OC)c(F)c3)nc2s1.